The lowest BCUT2D eigenvalue weighted by molar-refractivity contribution is 0.622. The van der Waals surface area contributed by atoms with Crippen LogP contribution in [0.15, 0.2) is 54.7 Å². The zero-order valence-electron chi connectivity index (χ0n) is 12.4. The predicted molar refractivity (Wildman–Crippen MR) is 94.4 cm³/mol. The number of thiazole rings is 1. The fourth-order valence-electron chi connectivity index (χ4n) is 2.29. The number of halogens is 2. The molecule has 0 atom stereocenters. The van der Waals surface area contributed by atoms with Crippen molar-refractivity contribution in [3.63, 3.8) is 0 Å². The first-order valence-electron chi connectivity index (χ1n) is 7.36. The molecule has 118 valence electrons. The average molecular weight is 347 g/mol. The molecule has 0 saturated heterocycles. The number of nitrogens with zero attached hydrogens (tertiary/aromatic N) is 1. The van der Waals surface area contributed by atoms with Gasteiger partial charge in [-0.1, -0.05) is 35.9 Å². The highest BCUT2D eigenvalue weighted by Gasteiger charge is 2.05. The van der Waals surface area contributed by atoms with E-state index in [1.165, 1.54) is 6.07 Å². The van der Waals surface area contributed by atoms with E-state index >= 15 is 0 Å². The molecule has 2 nitrogen and oxygen atoms in total. The van der Waals surface area contributed by atoms with E-state index in [9.17, 15) is 4.39 Å². The maximum absolute atomic E-state index is 13.1. The van der Waals surface area contributed by atoms with Crippen molar-refractivity contribution in [2.75, 3.05) is 6.54 Å². The van der Waals surface area contributed by atoms with Crippen LogP contribution in [0.5, 0.6) is 0 Å². The molecule has 0 radical (unpaired) electrons. The third-order valence-electron chi connectivity index (χ3n) is 3.42. The quantitative estimate of drug-likeness (QED) is 0.640. The van der Waals surface area contributed by atoms with E-state index in [0.717, 1.165) is 39.0 Å². The summed E-state index contributed by atoms with van der Waals surface area (Å²) in [7, 11) is 0. The van der Waals surface area contributed by atoms with Crippen LogP contribution >= 0.6 is 22.9 Å². The van der Waals surface area contributed by atoms with Crippen LogP contribution < -0.4 is 5.32 Å². The van der Waals surface area contributed by atoms with E-state index in [4.69, 9.17) is 11.6 Å². The molecule has 0 saturated carbocycles. The number of nitrogens with one attached hydrogen (secondary N) is 1. The molecule has 1 heterocycles. The van der Waals surface area contributed by atoms with Crippen LogP contribution in [0.4, 0.5) is 4.39 Å². The van der Waals surface area contributed by atoms with Crippen molar-refractivity contribution in [3.8, 4) is 10.4 Å². The van der Waals surface area contributed by atoms with Gasteiger partial charge in [0.1, 0.15) is 10.8 Å². The number of benzene rings is 2. The lowest BCUT2D eigenvalue weighted by Gasteiger charge is -2.03. The van der Waals surface area contributed by atoms with Gasteiger partial charge in [-0.3, -0.25) is 0 Å². The molecule has 0 aliphatic heterocycles. The van der Waals surface area contributed by atoms with Gasteiger partial charge in [-0.15, -0.1) is 11.3 Å². The van der Waals surface area contributed by atoms with Gasteiger partial charge < -0.3 is 5.32 Å². The zero-order valence-corrected chi connectivity index (χ0v) is 14.0. The van der Waals surface area contributed by atoms with Crippen LogP contribution in [0.2, 0.25) is 5.02 Å². The molecule has 0 bridgehead atoms. The molecule has 0 aliphatic rings. The van der Waals surface area contributed by atoms with Crippen molar-refractivity contribution >= 4 is 22.9 Å². The molecule has 0 amide bonds. The first-order chi connectivity index (χ1) is 11.2. The van der Waals surface area contributed by atoms with Gasteiger partial charge in [-0.2, -0.15) is 0 Å². The second-order valence-corrected chi connectivity index (χ2v) is 6.74. The van der Waals surface area contributed by atoms with Gasteiger partial charge in [0, 0.05) is 17.8 Å². The van der Waals surface area contributed by atoms with Gasteiger partial charge in [0.05, 0.1) is 4.88 Å². The largest absolute Gasteiger partial charge is 0.310 e. The summed E-state index contributed by atoms with van der Waals surface area (Å²) in [5.41, 5.74) is 2.08. The second kappa shape index (κ2) is 7.68. The Labute approximate surface area is 144 Å². The molecule has 1 aromatic heterocycles. The van der Waals surface area contributed by atoms with Crippen LogP contribution in [-0.4, -0.2) is 11.5 Å². The van der Waals surface area contributed by atoms with E-state index in [1.807, 2.05) is 36.5 Å². The van der Waals surface area contributed by atoms with Crippen molar-refractivity contribution in [1.82, 2.24) is 10.3 Å². The maximum atomic E-state index is 13.1. The highest BCUT2D eigenvalue weighted by atomic mass is 35.5. The van der Waals surface area contributed by atoms with Crippen molar-refractivity contribution < 1.29 is 4.39 Å². The van der Waals surface area contributed by atoms with Crippen LogP contribution in [0, 0.1) is 5.82 Å². The monoisotopic (exact) mass is 346 g/mol. The molecule has 0 unspecified atom stereocenters. The summed E-state index contributed by atoms with van der Waals surface area (Å²) in [5.74, 6) is -0.186. The summed E-state index contributed by atoms with van der Waals surface area (Å²) in [6, 6.07) is 14.5. The molecule has 3 rings (SSSR count). The smallest absolute Gasteiger partial charge is 0.123 e. The first kappa shape index (κ1) is 16.1. The maximum Gasteiger partial charge on any atom is 0.123 e. The minimum atomic E-state index is -0.186. The van der Waals surface area contributed by atoms with Crippen LogP contribution in [0.1, 0.15) is 10.6 Å². The van der Waals surface area contributed by atoms with E-state index < -0.39 is 0 Å². The van der Waals surface area contributed by atoms with Gasteiger partial charge in [0.15, 0.2) is 0 Å². The van der Waals surface area contributed by atoms with E-state index in [2.05, 4.69) is 10.3 Å². The molecular formula is C18H16ClFN2S. The number of hydrogen-bond donors (Lipinski definition) is 1. The molecule has 0 spiro atoms. The second-order valence-electron chi connectivity index (χ2n) is 5.19. The first-order valence-corrected chi connectivity index (χ1v) is 8.56. The lowest BCUT2D eigenvalue weighted by atomic mass is 10.1. The molecule has 1 N–H and O–H groups in total. The summed E-state index contributed by atoms with van der Waals surface area (Å²) in [4.78, 5) is 5.54. The zero-order chi connectivity index (χ0) is 16.1. The number of aromatic nitrogens is 1. The average Bonchev–Trinajstić information content (AvgIpc) is 3.01. The summed E-state index contributed by atoms with van der Waals surface area (Å²) < 4.78 is 13.1. The molecule has 23 heavy (non-hydrogen) atoms. The minimum absolute atomic E-state index is 0.186. The Morgan fingerprint density at radius 2 is 2.00 bits per heavy atom. The third kappa shape index (κ3) is 4.61. The van der Waals surface area contributed by atoms with Gasteiger partial charge in [-0.25, -0.2) is 9.37 Å². The number of rotatable bonds is 6. The Hall–Kier alpha value is -1.75. The van der Waals surface area contributed by atoms with Crippen molar-refractivity contribution in [2.24, 2.45) is 0 Å². The SMILES string of the molecule is Fc1cccc(CCNCc2ncc(-c3cccc(Cl)c3)s2)c1. The third-order valence-corrected chi connectivity index (χ3v) is 4.70. The molecule has 0 aliphatic carbocycles. The minimum Gasteiger partial charge on any atom is -0.310 e. The number of hydrogen-bond acceptors (Lipinski definition) is 3. The van der Waals surface area contributed by atoms with Gasteiger partial charge >= 0.3 is 0 Å². The van der Waals surface area contributed by atoms with Gasteiger partial charge in [0.2, 0.25) is 0 Å². The summed E-state index contributed by atoms with van der Waals surface area (Å²) >= 11 is 7.67. The highest BCUT2D eigenvalue weighted by Crippen LogP contribution is 2.27. The fourth-order valence-corrected chi connectivity index (χ4v) is 3.36. The molecule has 2 aromatic carbocycles. The Kier molecular flexibility index (Phi) is 5.39. The normalized spacial score (nSPS) is 10.9. The summed E-state index contributed by atoms with van der Waals surface area (Å²) in [5, 5.41) is 5.10. The molecule has 3 aromatic rings. The van der Waals surface area contributed by atoms with E-state index in [1.54, 1.807) is 23.5 Å². The van der Waals surface area contributed by atoms with Crippen LogP contribution in [0.25, 0.3) is 10.4 Å². The van der Waals surface area contributed by atoms with Crippen molar-refractivity contribution in [3.05, 3.63) is 76.1 Å². The lowest BCUT2D eigenvalue weighted by Crippen LogP contribution is -2.16. The van der Waals surface area contributed by atoms with Crippen LogP contribution in [0.3, 0.4) is 0 Å². The summed E-state index contributed by atoms with van der Waals surface area (Å²) in [6.07, 6.45) is 2.67. The van der Waals surface area contributed by atoms with E-state index in [0.29, 0.717) is 6.54 Å². The summed E-state index contributed by atoms with van der Waals surface area (Å²) in [6.45, 7) is 1.50. The molecule has 5 heteroatoms. The Balaban J connectivity index is 1.51. The fraction of sp³-hybridized carbons (Fsp3) is 0.167. The topological polar surface area (TPSA) is 24.9 Å². The predicted octanol–water partition coefficient (Wildman–Crippen LogP) is 4.93. The Morgan fingerprint density at radius 1 is 1.13 bits per heavy atom. The van der Waals surface area contributed by atoms with E-state index in [-0.39, 0.29) is 5.82 Å². The Morgan fingerprint density at radius 3 is 2.83 bits per heavy atom. The van der Waals surface area contributed by atoms with Gasteiger partial charge in [-0.05, 0) is 48.4 Å². The standard InChI is InChI=1S/C18H16ClFN2S/c19-15-5-2-4-14(10-15)17-11-22-18(23-17)12-21-8-7-13-3-1-6-16(20)9-13/h1-6,9-11,21H,7-8,12H2. The highest BCUT2D eigenvalue weighted by molar-refractivity contribution is 7.15. The Bertz CT molecular complexity index is 788. The van der Waals surface area contributed by atoms with Crippen molar-refractivity contribution in [1.29, 1.82) is 0 Å². The molecular weight excluding hydrogens is 331 g/mol. The van der Waals surface area contributed by atoms with Crippen molar-refractivity contribution in [2.45, 2.75) is 13.0 Å². The molecule has 0 fully saturated rings. The van der Waals surface area contributed by atoms with Gasteiger partial charge in [0.25, 0.3) is 0 Å². The van der Waals surface area contributed by atoms with Crippen LogP contribution in [-0.2, 0) is 13.0 Å².